The van der Waals surface area contributed by atoms with Crippen molar-refractivity contribution in [2.75, 3.05) is 46.4 Å². The van der Waals surface area contributed by atoms with Gasteiger partial charge >= 0.3 is 0 Å². The molecule has 186 valence electrons. The number of benzene rings is 1. The zero-order valence-electron chi connectivity index (χ0n) is 19.8. The van der Waals surface area contributed by atoms with Gasteiger partial charge in [0.05, 0.1) is 6.54 Å². The SMILES string of the molecule is Cc1ccc(CN(C)Cc2ccc(OCC(O)CN3CCC4(CCNCC4)C3)cc2)o1.Cl.Cl. The molecule has 3 heterocycles. The van der Waals surface area contributed by atoms with Gasteiger partial charge < -0.3 is 24.5 Å². The van der Waals surface area contributed by atoms with E-state index in [-0.39, 0.29) is 24.8 Å². The largest absolute Gasteiger partial charge is 0.491 e. The topological polar surface area (TPSA) is 61.1 Å². The van der Waals surface area contributed by atoms with Crippen LogP contribution in [0.3, 0.4) is 0 Å². The summed E-state index contributed by atoms with van der Waals surface area (Å²) in [4.78, 5) is 4.64. The molecular formula is C25H39Cl2N3O3. The van der Waals surface area contributed by atoms with Crippen molar-refractivity contribution in [3.63, 3.8) is 0 Å². The first kappa shape index (κ1) is 28.0. The van der Waals surface area contributed by atoms with Gasteiger partial charge in [-0.3, -0.25) is 4.90 Å². The molecule has 8 heteroatoms. The smallest absolute Gasteiger partial charge is 0.119 e. The fourth-order valence-electron chi connectivity index (χ4n) is 4.99. The second kappa shape index (κ2) is 13.0. The maximum Gasteiger partial charge on any atom is 0.119 e. The molecule has 2 N–H and O–H groups in total. The Kier molecular flexibility index (Phi) is 11.0. The van der Waals surface area contributed by atoms with Gasteiger partial charge in [0.25, 0.3) is 0 Å². The molecule has 1 atom stereocenters. The van der Waals surface area contributed by atoms with Gasteiger partial charge in [0.15, 0.2) is 0 Å². The van der Waals surface area contributed by atoms with Gasteiger partial charge in [0, 0.05) is 19.6 Å². The minimum absolute atomic E-state index is 0. The van der Waals surface area contributed by atoms with Crippen LogP contribution in [0.15, 0.2) is 40.8 Å². The first-order valence-electron chi connectivity index (χ1n) is 11.6. The number of aryl methyl sites for hydroxylation is 1. The Morgan fingerprint density at radius 2 is 1.82 bits per heavy atom. The average Bonchev–Trinajstić information content (AvgIpc) is 3.33. The maximum atomic E-state index is 10.5. The van der Waals surface area contributed by atoms with Crippen LogP contribution in [-0.2, 0) is 13.1 Å². The Morgan fingerprint density at radius 3 is 2.48 bits per heavy atom. The van der Waals surface area contributed by atoms with Crippen LogP contribution in [0.25, 0.3) is 0 Å². The Hall–Kier alpha value is -1.28. The third kappa shape index (κ3) is 8.16. The molecule has 1 aromatic heterocycles. The number of furan rings is 1. The van der Waals surface area contributed by atoms with Crippen LogP contribution in [0.1, 0.15) is 36.3 Å². The zero-order chi connectivity index (χ0) is 21.7. The fraction of sp³-hybridized carbons (Fsp3) is 0.600. The van der Waals surface area contributed by atoms with Crippen molar-refractivity contribution in [2.45, 2.75) is 45.4 Å². The minimum atomic E-state index is -0.459. The number of ether oxygens (including phenoxy) is 1. The molecule has 33 heavy (non-hydrogen) atoms. The summed E-state index contributed by atoms with van der Waals surface area (Å²) in [5.41, 5.74) is 1.70. The Balaban J connectivity index is 0.00000193. The van der Waals surface area contributed by atoms with Crippen molar-refractivity contribution in [1.82, 2.24) is 15.1 Å². The lowest BCUT2D eigenvalue weighted by atomic mass is 9.78. The second-order valence-corrected chi connectivity index (χ2v) is 9.53. The molecule has 2 aliphatic rings. The number of nitrogens with one attached hydrogen (secondary N) is 1. The number of aliphatic hydroxyl groups is 1. The minimum Gasteiger partial charge on any atom is -0.491 e. The highest BCUT2D eigenvalue weighted by atomic mass is 35.5. The highest BCUT2D eigenvalue weighted by molar-refractivity contribution is 5.85. The van der Waals surface area contributed by atoms with Crippen molar-refractivity contribution in [3.8, 4) is 5.75 Å². The Labute approximate surface area is 210 Å². The van der Waals surface area contributed by atoms with Crippen LogP contribution >= 0.6 is 24.8 Å². The number of hydrogen-bond acceptors (Lipinski definition) is 6. The van der Waals surface area contributed by atoms with Gasteiger partial charge in [-0.15, -0.1) is 24.8 Å². The molecule has 0 radical (unpaired) electrons. The normalized spacial score (nSPS) is 18.7. The lowest BCUT2D eigenvalue weighted by Gasteiger charge is -2.34. The molecule has 2 aliphatic heterocycles. The van der Waals surface area contributed by atoms with Gasteiger partial charge in [-0.2, -0.15) is 0 Å². The molecule has 2 aromatic rings. The van der Waals surface area contributed by atoms with E-state index in [2.05, 4.69) is 34.3 Å². The molecule has 6 nitrogen and oxygen atoms in total. The van der Waals surface area contributed by atoms with Crippen LogP contribution in [0.5, 0.6) is 5.75 Å². The lowest BCUT2D eigenvalue weighted by Crippen LogP contribution is -2.40. The van der Waals surface area contributed by atoms with E-state index in [0.717, 1.165) is 56.5 Å². The molecule has 1 aromatic carbocycles. The Bertz CT molecular complexity index is 825. The van der Waals surface area contributed by atoms with Crippen molar-refractivity contribution >= 4 is 24.8 Å². The zero-order valence-corrected chi connectivity index (χ0v) is 21.4. The van der Waals surface area contributed by atoms with Crippen LogP contribution in [0.4, 0.5) is 0 Å². The number of halogens is 2. The molecule has 1 spiro atoms. The molecular weight excluding hydrogens is 461 g/mol. The van der Waals surface area contributed by atoms with Crippen LogP contribution < -0.4 is 10.1 Å². The summed E-state index contributed by atoms with van der Waals surface area (Å²) in [6.07, 6.45) is 3.33. The van der Waals surface area contributed by atoms with E-state index in [1.165, 1.54) is 24.8 Å². The number of nitrogens with zero attached hydrogens (tertiary/aromatic N) is 2. The monoisotopic (exact) mass is 499 g/mol. The molecule has 1 unspecified atom stereocenters. The molecule has 4 rings (SSSR count). The van der Waals surface area contributed by atoms with E-state index in [4.69, 9.17) is 9.15 Å². The van der Waals surface area contributed by atoms with E-state index in [0.29, 0.717) is 18.6 Å². The van der Waals surface area contributed by atoms with Gasteiger partial charge in [0.1, 0.15) is 30.0 Å². The number of aliphatic hydroxyl groups excluding tert-OH is 1. The number of β-amino-alcohol motifs (C(OH)–C–C–N with tert-alkyl or cyclic N) is 1. The Morgan fingerprint density at radius 1 is 1.09 bits per heavy atom. The molecule has 0 aliphatic carbocycles. The summed E-state index contributed by atoms with van der Waals surface area (Å²) in [6, 6.07) is 12.2. The predicted molar refractivity (Wildman–Crippen MR) is 137 cm³/mol. The van der Waals surface area contributed by atoms with Crippen LogP contribution in [0, 0.1) is 12.3 Å². The fourth-order valence-corrected chi connectivity index (χ4v) is 4.99. The van der Waals surface area contributed by atoms with Crippen LogP contribution in [-0.4, -0.2) is 67.4 Å². The summed E-state index contributed by atoms with van der Waals surface area (Å²) >= 11 is 0. The number of rotatable bonds is 9. The highest BCUT2D eigenvalue weighted by Crippen LogP contribution is 2.38. The summed E-state index contributed by atoms with van der Waals surface area (Å²) in [7, 11) is 2.09. The van der Waals surface area contributed by atoms with Crippen molar-refractivity contribution in [2.24, 2.45) is 5.41 Å². The predicted octanol–water partition coefficient (Wildman–Crippen LogP) is 3.88. The van der Waals surface area contributed by atoms with E-state index in [9.17, 15) is 5.11 Å². The standard InChI is InChI=1S/C25H37N3O3.2ClH/c1-20-3-6-24(31-20)17-27(2)15-21-4-7-23(8-5-21)30-18-22(29)16-28-14-11-25(19-28)9-12-26-13-10-25;;/h3-8,22,26,29H,9-19H2,1-2H3;2*1H. The van der Waals surface area contributed by atoms with Crippen molar-refractivity contribution < 1.29 is 14.3 Å². The van der Waals surface area contributed by atoms with E-state index < -0.39 is 6.10 Å². The van der Waals surface area contributed by atoms with Gasteiger partial charge in [0.2, 0.25) is 0 Å². The molecule has 0 bridgehead atoms. The third-order valence-electron chi connectivity index (χ3n) is 6.69. The van der Waals surface area contributed by atoms with Crippen molar-refractivity contribution in [1.29, 1.82) is 0 Å². The van der Waals surface area contributed by atoms with E-state index >= 15 is 0 Å². The highest BCUT2D eigenvalue weighted by Gasteiger charge is 2.39. The molecule has 0 saturated carbocycles. The van der Waals surface area contributed by atoms with Gasteiger partial charge in [-0.05, 0) is 88.1 Å². The molecule has 2 fully saturated rings. The molecule has 0 amide bonds. The summed E-state index contributed by atoms with van der Waals surface area (Å²) < 4.78 is 11.5. The van der Waals surface area contributed by atoms with Gasteiger partial charge in [-0.25, -0.2) is 0 Å². The average molecular weight is 501 g/mol. The first-order chi connectivity index (χ1) is 15.0. The van der Waals surface area contributed by atoms with Crippen molar-refractivity contribution in [3.05, 3.63) is 53.5 Å². The first-order valence-corrected chi connectivity index (χ1v) is 11.6. The summed E-state index contributed by atoms with van der Waals surface area (Å²) in [5.74, 6) is 2.74. The van der Waals surface area contributed by atoms with E-state index in [1.807, 2.05) is 31.2 Å². The number of piperidine rings is 1. The maximum absolute atomic E-state index is 10.5. The number of hydrogen-bond donors (Lipinski definition) is 2. The van der Waals surface area contributed by atoms with Crippen LogP contribution in [0.2, 0.25) is 0 Å². The third-order valence-corrected chi connectivity index (χ3v) is 6.69. The van der Waals surface area contributed by atoms with Gasteiger partial charge in [-0.1, -0.05) is 12.1 Å². The second-order valence-electron chi connectivity index (χ2n) is 9.53. The molecule has 2 saturated heterocycles. The van der Waals surface area contributed by atoms with E-state index in [1.54, 1.807) is 0 Å². The summed E-state index contributed by atoms with van der Waals surface area (Å²) in [6.45, 7) is 9.10. The number of likely N-dealkylation sites (tertiary alicyclic amines) is 1. The quantitative estimate of drug-likeness (QED) is 0.545. The summed E-state index contributed by atoms with van der Waals surface area (Å²) in [5, 5.41) is 13.9. The lowest BCUT2D eigenvalue weighted by molar-refractivity contribution is 0.0698.